The van der Waals surface area contributed by atoms with Crippen LogP contribution >= 0.6 is 0 Å². The average Bonchev–Trinajstić information content (AvgIpc) is 3.25. The van der Waals surface area contributed by atoms with Gasteiger partial charge in [-0.2, -0.15) is 9.78 Å². The molecule has 1 aromatic carbocycles. The summed E-state index contributed by atoms with van der Waals surface area (Å²) in [4.78, 5) is 15.0. The Bertz CT molecular complexity index is 927. The third kappa shape index (κ3) is 2.52. The number of amides is 1. The van der Waals surface area contributed by atoms with Gasteiger partial charge in [-0.3, -0.25) is 9.89 Å². The lowest BCUT2D eigenvalue weighted by Gasteiger charge is -2.33. The summed E-state index contributed by atoms with van der Waals surface area (Å²) >= 11 is 0. The zero-order valence-electron chi connectivity index (χ0n) is 14.5. The van der Waals surface area contributed by atoms with Gasteiger partial charge in [-0.25, -0.2) is 0 Å². The van der Waals surface area contributed by atoms with Gasteiger partial charge in [0, 0.05) is 24.1 Å². The van der Waals surface area contributed by atoms with Gasteiger partial charge < -0.3 is 4.90 Å². The highest BCUT2D eigenvalue weighted by Gasteiger charge is 2.32. The molecule has 4 rings (SSSR count). The lowest BCUT2D eigenvalue weighted by molar-refractivity contribution is 0.0652. The number of carbonyl (C=O) groups is 1. The van der Waals surface area contributed by atoms with Crippen molar-refractivity contribution in [2.75, 3.05) is 0 Å². The number of H-pyrrole nitrogens is 1. The number of carbonyl (C=O) groups excluding carboxylic acids is 1. The van der Waals surface area contributed by atoms with Crippen LogP contribution in [0.25, 0.3) is 5.82 Å². The van der Waals surface area contributed by atoms with Crippen LogP contribution in [0.1, 0.15) is 39.8 Å². The van der Waals surface area contributed by atoms with Crippen molar-refractivity contribution in [3.63, 3.8) is 0 Å². The summed E-state index contributed by atoms with van der Waals surface area (Å²) in [5.41, 5.74) is 4.79. The van der Waals surface area contributed by atoms with Crippen molar-refractivity contribution in [1.82, 2.24) is 30.1 Å². The van der Waals surface area contributed by atoms with Crippen LogP contribution in [0.3, 0.4) is 0 Å². The number of aryl methyl sites for hydroxylation is 1. The molecule has 0 radical (unpaired) electrons. The minimum Gasteiger partial charge on any atom is -0.329 e. The number of nitrogens with zero attached hydrogens (tertiary/aromatic N) is 5. The monoisotopic (exact) mass is 336 g/mol. The summed E-state index contributed by atoms with van der Waals surface area (Å²) in [6.45, 7) is 6.56. The van der Waals surface area contributed by atoms with Crippen LogP contribution in [0.5, 0.6) is 0 Å². The minimum absolute atomic E-state index is 0.0513. The Kier molecular flexibility index (Phi) is 3.63. The van der Waals surface area contributed by atoms with E-state index in [1.54, 1.807) is 10.9 Å². The van der Waals surface area contributed by atoms with E-state index >= 15 is 0 Å². The number of benzene rings is 1. The zero-order valence-corrected chi connectivity index (χ0v) is 14.5. The molecule has 7 nitrogen and oxygen atoms in total. The van der Waals surface area contributed by atoms with Crippen molar-refractivity contribution in [1.29, 1.82) is 0 Å². The van der Waals surface area contributed by atoms with Crippen LogP contribution < -0.4 is 0 Å². The molecule has 1 atom stereocenters. The molecule has 0 saturated heterocycles. The Morgan fingerprint density at radius 2 is 2.12 bits per heavy atom. The summed E-state index contributed by atoms with van der Waals surface area (Å²) in [5, 5.41) is 15.4. The lowest BCUT2D eigenvalue weighted by atomic mass is 9.98. The first-order valence-corrected chi connectivity index (χ1v) is 8.36. The first kappa shape index (κ1) is 15.6. The van der Waals surface area contributed by atoms with E-state index in [1.807, 2.05) is 43.0 Å². The standard InChI is InChI=1S/C18H20N6O/c1-11-5-4-6-14(13(11)3)18(25)23-10-15-16(9-12(23)2)24(22-20-15)17-7-8-19-21-17/h4-8,12H,9-10H2,1-3H3,(H,19,21). The topological polar surface area (TPSA) is 79.7 Å². The number of aromatic amines is 1. The maximum Gasteiger partial charge on any atom is 0.254 e. The van der Waals surface area contributed by atoms with Crippen molar-refractivity contribution in [2.24, 2.45) is 0 Å². The molecule has 1 aliphatic rings. The van der Waals surface area contributed by atoms with Crippen LogP contribution in [0.2, 0.25) is 0 Å². The average molecular weight is 336 g/mol. The Balaban J connectivity index is 1.66. The predicted molar refractivity (Wildman–Crippen MR) is 92.5 cm³/mol. The number of aromatic nitrogens is 5. The Morgan fingerprint density at radius 1 is 1.28 bits per heavy atom. The molecule has 0 bridgehead atoms. The fourth-order valence-corrected chi connectivity index (χ4v) is 3.34. The quantitative estimate of drug-likeness (QED) is 0.778. The van der Waals surface area contributed by atoms with Crippen molar-refractivity contribution in [3.05, 3.63) is 58.5 Å². The highest BCUT2D eigenvalue weighted by atomic mass is 16.2. The smallest absolute Gasteiger partial charge is 0.254 e. The molecule has 0 aliphatic carbocycles. The maximum atomic E-state index is 13.1. The molecule has 1 N–H and O–H groups in total. The molecular weight excluding hydrogens is 316 g/mol. The molecule has 1 unspecified atom stereocenters. The van der Waals surface area contributed by atoms with Crippen LogP contribution in [-0.4, -0.2) is 42.0 Å². The zero-order chi connectivity index (χ0) is 17.6. The number of hydrogen-bond acceptors (Lipinski definition) is 4. The van der Waals surface area contributed by atoms with Crippen LogP contribution in [-0.2, 0) is 13.0 Å². The summed E-state index contributed by atoms with van der Waals surface area (Å²) < 4.78 is 1.78. The molecule has 0 saturated carbocycles. The third-order valence-electron chi connectivity index (χ3n) is 4.99. The van der Waals surface area contributed by atoms with Crippen LogP contribution in [0.4, 0.5) is 0 Å². The summed E-state index contributed by atoms with van der Waals surface area (Å²) in [6.07, 6.45) is 2.39. The molecule has 1 amide bonds. The van der Waals surface area contributed by atoms with Gasteiger partial charge in [0.05, 0.1) is 18.4 Å². The molecule has 128 valence electrons. The Morgan fingerprint density at radius 3 is 2.88 bits per heavy atom. The maximum absolute atomic E-state index is 13.1. The summed E-state index contributed by atoms with van der Waals surface area (Å²) in [6, 6.07) is 7.78. The first-order valence-electron chi connectivity index (χ1n) is 8.36. The van der Waals surface area contributed by atoms with E-state index in [4.69, 9.17) is 0 Å². The summed E-state index contributed by atoms with van der Waals surface area (Å²) in [7, 11) is 0. The van der Waals surface area contributed by atoms with Gasteiger partial charge in [0.25, 0.3) is 5.91 Å². The van der Waals surface area contributed by atoms with E-state index in [1.165, 1.54) is 0 Å². The fraction of sp³-hybridized carbons (Fsp3) is 0.333. The SMILES string of the molecule is Cc1cccc(C(=O)N2Cc3nnn(-c4ccn[nH]4)c3CC2C)c1C. The van der Waals surface area contributed by atoms with Gasteiger partial charge in [-0.05, 0) is 38.0 Å². The molecule has 3 aromatic rings. The number of fused-ring (bicyclic) bond motifs is 1. The largest absolute Gasteiger partial charge is 0.329 e. The van der Waals surface area contributed by atoms with Gasteiger partial charge in [-0.1, -0.05) is 17.3 Å². The van der Waals surface area contributed by atoms with E-state index in [0.717, 1.165) is 33.9 Å². The van der Waals surface area contributed by atoms with Crippen LogP contribution in [0, 0.1) is 13.8 Å². The number of nitrogens with one attached hydrogen (secondary N) is 1. The molecule has 3 heterocycles. The van der Waals surface area contributed by atoms with E-state index in [2.05, 4.69) is 27.4 Å². The molecule has 0 spiro atoms. The first-order chi connectivity index (χ1) is 12.1. The Hall–Kier alpha value is -2.96. The van der Waals surface area contributed by atoms with E-state index in [9.17, 15) is 4.79 Å². The second-order valence-electron chi connectivity index (χ2n) is 6.57. The lowest BCUT2D eigenvalue weighted by Crippen LogP contribution is -2.43. The fourth-order valence-electron chi connectivity index (χ4n) is 3.34. The van der Waals surface area contributed by atoms with Gasteiger partial charge >= 0.3 is 0 Å². The number of rotatable bonds is 2. The van der Waals surface area contributed by atoms with E-state index in [-0.39, 0.29) is 11.9 Å². The predicted octanol–water partition coefficient (Wildman–Crippen LogP) is 2.19. The molecule has 7 heteroatoms. The number of hydrogen-bond donors (Lipinski definition) is 1. The molecule has 0 fully saturated rings. The second kappa shape index (κ2) is 5.84. The normalized spacial score (nSPS) is 16.8. The molecule has 2 aromatic heterocycles. The van der Waals surface area contributed by atoms with Gasteiger partial charge in [0.1, 0.15) is 5.69 Å². The highest BCUT2D eigenvalue weighted by Crippen LogP contribution is 2.26. The highest BCUT2D eigenvalue weighted by molar-refractivity contribution is 5.96. The molecule has 1 aliphatic heterocycles. The van der Waals surface area contributed by atoms with Gasteiger partial charge in [0.15, 0.2) is 5.82 Å². The molecular formula is C18H20N6O. The Labute approximate surface area is 145 Å². The van der Waals surface area contributed by atoms with Crippen LogP contribution in [0.15, 0.2) is 30.5 Å². The van der Waals surface area contributed by atoms with Crippen molar-refractivity contribution in [3.8, 4) is 5.82 Å². The van der Waals surface area contributed by atoms with Gasteiger partial charge in [-0.15, -0.1) is 5.10 Å². The second-order valence-corrected chi connectivity index (χ2v) is 6.57. The third-order valence-corrected chi connectivity index (χ3v) is 4.99. The van der Waals surface area contributed by atoms with E-state index in [0.29, 0.717) is 13.0 Å². The van der Waals surface area contributed by atoms with E-state index < -0.39 is 0 Å². The summed E-state index contributed by atoms with van der Waals surface area (Å²) in [5.74, 6) is 0.839. The molecule has 25 heavy (non-hydrogen) atoms. The van der Waals surface area contributed by atoms with Crippen molar-refractivity contribution >= 4 is 5.91 Å². The van der Waals surface area contributed by atoms with Gasteiger partial charge in [0.2, 0.25) is 0 Å². The minimum atomic E-state index is 0.0513. The van der Waals surface area contributed by atoms with Crippen molar-refractivity contribution < 1.29 is 4.79 Å². The van der Waals surface area contributed by atoms with Crippen molar-refractivity contribution in [2.45, 2.75) is 39.8 Å².